The third-order valence-corrected chi connectivity index (χ3v) is 7.17. The van der Waals surface area contributed by atoms with Gasteiger partial charge in [-0.15, -0.1) is 0 Å². The Labute approximate surface area is 189 Å². The SMILES string of the molecule is O=CC1CC(C(=O)Nc2nc3ccc(-c4cnc(CO[C@H]5CCC[C@@H]5O)nc4)cc3s2)C1. The van der Waals surface area contributed by atoms with Gasteiger partial charge in [-0.05, 0) is 49.8 Å². The van der Waals surface area contributed by atoms with Crippen LogP contribution in [0.3, 0.4) is 0 Å². The molecule has 2 atom stereocenters. The van der Waals surface area contributed by atoms with Crippen molar-refractivity contribution in [1.82, 2.24) is 15.0 Å². The topological polar surface area (TPSA) is 114 Å². The van der Waals surface area contributed by atoms with Crippen LogP contribution in [0.5, 0.6) is 0 Å². The second kappa shape index (κ2) is 9.01. The lowest BCUT2D eigenvalue weighted by molar-refractivity contribution is -0.126. The molecule has 166 valence electrons. The van der Waals surface area contributed by atoms with E-state index in [0.717, 1.165) is 46.9 Å². The fraction of sp³-hybridized carbons (Fsp3) is 0.435. The van der Waals surface area contributed by atoms with E-state index in [4.69, 9.17) is 4.74 Å². The lowest BCUT2D eigenvalue weighted by Gasteiger charge is -2.29. The third-order valence-electron chi connectivity index (χ3n) is 6.24. The molecule has 0 radical (unpaired) electrons. The number of ether oxygens (including phenoxy) is 1. The summed E-state index contributed by atoms with van der Waals surface area (Å²) in [5.41, 5.74) is 2.66. The molecule has 0 aliphatic heterocycles. The molecule has 2 aliphatic carbocycles. The first kappa shape index (κ1) is 21.1. The highest BCUT2D eigenvalue weighted by atomic mass is 32.1. The molecule has 2 heterocycles. The summed E-state index contributed by atoms with van der Waals surface area (Å²) >= 11 is 1.42. The van der Waals surface area contributed by atoms with E-state index in [-0.39, 0.29) is 30.5 Å². The van der Waals surface area contributed by atoms with Gasteiger partial charge in [0.1, 0.15) is 12.9 Å². The van der Waals surface area contributed by atoms with Crippen LogP contribution in [-0.4, -0.2) is 44.5 Å². The lowest BCUT2D eigenvalue weighted by atomic mass is 9.75. The molecular formula is C23H24N4O4S. The van der Waals surface area contributed by atoms with Crippen LogP contribution >= 0.6 is 11.3 Å². The first-order valence-electron chi connectivity index (χ1n) is 10.9. The van der Waals surface area contributed by atoms with Gasteiger partial charge in [0.2, 0.25) is 5.91 Å². The molecule has 0 unspecified atom stereocenters. The maximum atomic E-state index is 12.3. The monoisotopic (exact) mass is 452 g/mol. The van der Waals surface area contributed by atoms with Crippen LogP contribution in [0.1, 0.15) is 37.9 Å². The van der Waals surface area contributed by atoms with Gasteiger partial charge in [0.05, 0.1) is 22.4 Å². The van der Waals surface area contributed by atoms with E-state index in [9.17, 15) is 14.7 Å². The number of aliphatic hydroxyl groups is 1. The van der Waals surface area contributed by atoms with Crippen LogP contribution in [0.2, 0.25) is 0 Å². The maximum Gasteiger partial charge on any atom is 0.229 e. The zero-order chi connectivity index (χ0) is 22.1. The largest absolute Gasteiger partial charge is 0.390 e. The van der Waals surface area contributed by atoms with Crippen molar-refractivity contribution in [3.63, 3.8) is 0 Å². The molecule has 9 heteroatoms. The molecular weight excluding hydrogens is 428 g/mol. The quantitative estimate of drug-likeness (QED) is 0.528. The van der Waals surface area contributed by atoms with E-state index in [2.05, 4.69) is 20.3 Å². The Kier molecular flexibility index (Phi) is 5.95. The van der Waals surface area contributed by atoms with Crippen molar-refractivity contribution in [2.75, 3.05) is 5.32 Å². The number of carbonyl (C=O) groups is 2. The number of aromatic nitrogens is 3. The van der Waals surface area contributed by atoms with Crippen molar-refractivity contribution < 1.29 is 19.4 Å². The number of aldehydes is 1. The van der Waals surface area contributed by atoms with Gasteiger partial charge in [0.15, 0.2) is 11.0 Å². The summed E-state index contributed by atoms with van der Waals surface area (Å²) in [7, 11) is 0. The first-order chi connectivity index (χ1) is 15.6. The van der Waals surface area contributed by atoms with Gasteiger partial charge < -0.3 is 20.0 Å². The van der Waals surface area contributed by atoms with Crippen molar-refractivity contribution in [3.05, 3.63) is 36.4 Å². The minimum Gasteiger partial charge on any atom is -0.390 e. The number of thiazole rings is 1. The fourth-order valence-electron chi connectivity index (χ4n) is 4.21. The Balaban J connectivity index is 1.23. The highest BCUT2D eigenvalue weighted by Gasteiger charge is 2.34. The molecule has 2 aromatic heterocycles. The van der Waals surface area contributed by atoms with E-state index in [1.54, 1.807) is 12.4 Å². The van der Waals surface area contributed by atoms with Crippen LogP contribution in [0.4, 0.5) is 5.13 Å². The van der Waals surface area contributed by atoms with Gasteiger partial charge in [0, 0.05) is 29.8 Å². The number of nitrogens with one attached hydrogen (secondary N) is 1. The van der Waals surface area contributed by atoms with Gasteiger partial charge in [-0.25, -0.2) is 15.0 Å². The average molecular weight is 453 g/mol. The van der Waals surface area contributed by atoms with Crippen LogP contribution in [-0.2, 0) is 20.9 Å². The molecule has 1 aromatic carbocycles. The molecule has 1 amide bonds. The smallest absolute Gasteiger partial charge is 0.229 e. The molecule has 0 saturated heterocycles. The fourth-order valence-corrected chi connectivity index (χ4v) is 5.12. The molecule has 3 aromatic rings. The normalized spacial score (nSPS) is 24.9. The summed E-state index contributed by atoms with van der Waals surface area (Å²) in [5, 5.41) is 13.3. The minimum atomic E-state index is -0.392. The summed E-state index contributed by atoms with van der Waals surface area (Å²) in [6.45, 7) is 0.285. The summed E-state index contributed by atoms with van der Waals surface area (Å²) in [6, 6.07) is 5.89. The molecule has 2 aliphatic rings. The second-order valence-electron chi connectivity index (χ2n) is 8.49. The summed E-state index contributed by atoms with van der Waals surface area (Å²) < 4.78 is 6.71. The van der Waals surface area contributed by atoms with Crippen molar-refractivity contribution >= 4 is 38.9 Å². The Hall–Kier alpha value is -2.75. The number of anilines is 1. The number of hydrogen-bond donors (Lipinski definition) is 2. The Bertz CT molecular complexity index is 1130. The van der Waals surface area contributed by atoms with Crippen molar-refractivity contribution in [1.29, 1.82) is 0 Å². The first-order valence-corrected chi connectivity index (χ1v) is 11.7. The summed E-state index contributed by atoms with van der Waals surface area (Å²) in [4.78, 5) is 36.3. The van der Waals surface area contributed by atoms with E-state index < -0.39 is 6.10 Å². The highest BCUT2D eigenvalue weighted by molar-refractivity contribution is 7.22. The van der Waals surface area contributed by atoms with Crippen LogP contribution in [0, 0.1) is 11.8 Å². The molecule has 8 nitrogen and oxygen atoms in total. The predicted octanol–water partition coefficient (Wildman–Crippen LogP) is 3.35. The number of rotatable bonds is 7. The molecule has 2 saturated carbocycles. The van der Waals surface area contributed by atoms with E-state index in [1.165, 1.54) is 11.3 Å². The van der Waals surface area contributed by atoms with Gasteiger partial charge in [-0.3, -0.25) is 4.79 Å². The van der Waals surface area contributed by atoms with Crippen LogP contribution in [0.15, 0.2) is 30.6 Å². The van der Waals surface area contributed by atoms with Gasteiger partial charge >= 0.3 is 0 Å². The zero-order valence-corrected chi connectivity index (χ0v) is 18.3. The molecule has 2 N–H and O–H groups in total. The Morgan fingerprint density at radius 3 is 2.75 bits per heavy atom. The molecule has 32 heavy (non-hydrogen) atoms. The molecule has 0 spiro atoms. The second-order valence-corrected chi connectivity index (χ2v) is 9.52. The number of nitrogens with zero attached hydrogens (tertiary/aromatic N) is 3. The maximum absolute atomic E-state index is 12.3. The average Bonchev–Trinajstić information content (AvgIpc) is 3.36. The number of aliphatic hydroxyl groups excluding tert-OH is 1. The number of amides is 1. The lowest BCUT2D eigenvalue weighted by Crippen LogP contribution is -2.35. The van der Waals surface area contributed by atoms with Crippen LogP contribution in [0.25, 0.3) is 21.3 Å². The van der Waals surface area contributed by atoms with Crippen molar-refractivity contribution in [3.8, 4) is 11.1 Å². The highest BCUT2D eigenvalue weighted by Crippen LogP contribution is 2.35. The van der Waals surface area contributed by atoms with Crippen molar-refractivity contribution in [2.24, 2.45) is 11.8 Å². The third kappa shape index (κ3) is 4.41. The molecule has 2 fully saturated rings. The molecule has 5 rings (SSSR count). The van der Waals surface area contributed by atoms with Crippen molar-refractivity contribution in [2.45, 2.75) is 50.9 Å². The number of benzene rings is 1. The predicted molar refractivity (Wildman–Crippen MR) is 120 cm³/mol. The van der Waals surface area contributed by atoms with Gasteiger partial charge in [0.25, 0.3) is 0 Å². The van der Waals surface area contributed by atoms with Crippen LogP contribution < -0.4 is 5.32 Å². The van der Waals surface area contributed by atoms with E-state index in [1.807, 2.05) is 18.2 Å². The Morgan fingerprint density at radius 2 is 2.03 bits per heavy atom. The van der Waals surface area contributed by atoms with Gasteiger partial charge in [-0.1, -0.05) is 17.4 Å². The number of fused-ring (bicyclic) bond motifs is 1. The Morgan fingerprint density at radius 1 is 1.22 bits per heavy atom. The summed E-state index contributed by atoms with van der Waals surface area (Å²) in [5.74, 6) is 0.422. The number of carbonyl (C=O) groups excluding carboxylic acids is 2. The molecule has 0 bridgehead atoms. The van der Waals surface area contributed by atoms with Gasteiger partial charge in [-0.2, -0.15) is 0 Å². The minimum absolute atomic E-state index is 0.0122. The summed E-state index contributed by atoms with van der Waals surface area (Å²) in [6.07, 6.45) is 7.82. The standard InChI is InChI=1S/C23H24N4O4S/c28-11-13-6-15(7-13)22(30)27-23-26-17-5-4-14(8-20(17)32-23)16-9-24-21(25-10-16)12-31-19-3-1-2-18(19)29/h4-5,8-11,13,15,18-19,29H,1-3,6-7,12H2,(H,26,27,30)/t13?,15?,18-,19-/m0/s1. The zero-order valence-electron chi connectivity index (χ0n) is 17.4. The van der Waals surface area contributed by atoms with E-state index >= 15 is 0 Å². The van der Waals surface area contributed by atoms with E-state index in [0.29, 0.717) is 23.8 Å². The number of hydrogen-bond acceptors (Lipinski definition) is 8.